The summed E-state index contributed by atoms with van der Waals surface area (Å²) in [5.74, 6) is 0. The first-order valence-corrected chi connectivity index (χ1v) is 6.07. The quantitative estimate of drug-likeness (QED) is 0.667. The van der Waals surface area contributed by atoms with Gasteiger partial charge in [-0.15, -0.1) is 0 Å². The molecule has 0 spiro atoms. The van der Waals surface area contributed by atoms with E-state index in [1.165, 1.54) is 0 Å². The maximum absolute atomic E-state index is 12.3. The van der Waals surface area contributed by atoms with Crippen LogP contribution in [-0.2, 0) is 0 Å². The molecule has 2 rings (SSSR count). The van der Waals surface area contributed by atoms with Gasteiger partial charge in [0, 0.05) is 4.83 Å². The first-order chi connectivity index (χ1) is 7.96. The molecule has 0 fully saturated rings. The molecule has 0 radical (unpaired) electrons. The van der Waals surface area contributed by atoms with Gasteiger partial charge >= 0.3 is 6.18 Å². The molecular weight excluding hydrogens is 293 g/mol. The molecule has 0 nitrogen and oxygen atoms in total. The summed E-state index contributed by atoms with van der Waals surface area (Å²) in [6, 6.07) is 13.0. The fraction of sp³-hybridized carbons (Fsp3) is 0.231. The minimum atomic E-state index is -4.15. The monoisotopic (exact) mass is 302 g/mol. The molecule has 4 heteroatoms. The molecule has 2 aromatic carbocycles. The Morgan fingerprint density at radius 2 is 1.65 bits per heavy atom. The van der Waals surface area contributed by atoms with Crippen molar-refractivity contribution in [2.75, 3.05) is 0 Å². The van der Waals surface area contributed by atoms with Crippen molar-refractivity contribution in [3.05, 3.63) is 48.0 Å². The lowest BCUT2D eigenvalue weighted by atomic mass is 10.0. The highest BCUT2D eigenvalue weighted by Gasteiger charge is 2.31. The van der Waals surface area contributed by atoms with Crippen LogP contribution < -0.4 is 0 Å². The van der Waals surface area contributed by atoms with Crippen LogP contribution in [0, 0.1) is 0 Å². The van der Waals surface area contributed by atoms with Crippen molar-refractivity contribution >= 4 is 26.7 Å². The summed E-state index contributed by atoms with van der Waals surface area (Å²) in [7, 11) is 0. The third-order valence-electron chi connectivity index (χ3n) is 2.55. The van der Waals surface area contributed by atoms with Crippen LogP contribution in [0.25, 0.3) is 10.8 Å². The maximum atomic E-state index is 12.3. The van der Waals surface area contributed by atoms with Crippen molar-refractivity contribution in [3.63, 3.8) is 0 Å². The predicted molar refractivity (Wildman–Crippen MR) is 66.3 cm³/mol. The van der Waals surface area contributed by atoms with E-state index in [-0.39, 0.29) is 0 Å². The number of hydrogen-bond acceptors (Lipinski definition) is 0. The molecule has 0 N–H and O–H groups in total. The Kier molecular flexibility index (Phi) is 3.43. The van der Waals surface area contributed by atoms with E-state index in [1.807, 2.05) is 30.3 Å². The van der Waals surface area contributed by atoms with Crippen molar-refractivity contribution in [1.29, 1.82) is 0 Å². The SMILES string of the molecule is FC(F)(F)CC(Br)c1ccc2ccccc2c1. The summed E-state index contributed by atoms with van der Waals surface area (Å²) in [5.41, 5.74) is 0.654. The van der Waals surface area contributed by atoms with Crippen LogP contribution in [0.15, 0.2) is 42.5 Å². The molecule has 0 saturated heterocycles. The summed E-state index contributed by atoms with van der Waals surface area (Å²) < 4.78 is 36.8. The molecule has 0 bridgehead atoms. The van der Waals surface area contributed by atoms with Crippen molar-refractivity contribution in [2.45, 2.75) is 17.4 Å². The molecule has 0 saturated carbocycles. The van der Waals surface area contributed by atoms with E-state index in [4.69, 9.17) is 0 Å². The van der Waals surface area contributed by atoms with Crippen LogP contribution in [0.1, 0.15) is 16.8 Å². The molecule has 1 unspecified atom stereocenters. The molecule has 90 valence electrons. The average molecular weight is 303 g/mol. The van der Waals surface area contributed by atoms with Gasteiger partial charge in [0.2, 0.25) is 0 Å². The zero-order valence-corrected chi connectivity index (χ0v) is 10.4. The molecule has 17 heavy (non-hydrogen) atoms. The van der Waals surface area contributed by atoms with Crippen molar-refractivity contribution in [3.8, 4) is 0 Å². The van der Waals surface area contributed by atoms with E-state index >= 15 is 0 Å². The summed E-state index contributed by atoms with van der Waals surface area (Å²) >= 11 is 3.09. The van der Waals surface area contributed by atoms with Gasteiger partial charge in [0.25, 0.3) is 0 Å². The number of hydrogen-bond donors (Lipinski definition) is 0. The molecule has 0 heterocycles. The van der Waals surface area contributed by atoms with Gasteiger partial charge in [0.05, 0.1) is 6.42 Å². The average Bonchev–Trinajstić information content (AvgIpc) is 2.26. The lowest BCUT2D eigenvalue weighted by Gasteiger charge is -2.13. The van der Waals surface area contributed by atoms with Gasteiger partial charge in [0.1, 0.15) is 0 Å². The smallest absolute Gasteiger partial charge is 0.171 e. The third-order valence-corrected chi connectivity index (χ3v) is 3.40. The third kappa shape index (κ3) is 3.22. The standard InChI is InChI=1S/C13H10BrF3/c14-12(8-13(15,16)17)11-6-5-9-3-1-2-4-10(9)7-11/h1-7,12H,8H2. The van der Waals surface area contributed by atoms with Gasteiger partial charge in [-0.25, -0.2) is 0 Å². The maximum Gasteiger partial charge on any atom is 0.390 e. The van der Waals surface area contributed by atoms with E-state index in [1.54, 1.807) is 12.1 Å². The predicted octanol–water partition coefficient (Wildman–Crippen LogP) is 5.23. The van der Waals surface area contributed by atoms with E-state index in [0.29, 0.717) is 5.56 Å². The van der Waals surface area contributed by atoms with Crippen molar-refractivity contribution < 1.29 is 13.2 Å². The first kappa shape index (κ1) is 12.4. The van der Waals surface area contributed by atoms with Crippen molar-refractivity contribution in [1.82, 2.24) is 0 Å². The Morgan fingerprint density at radius 3 is 2.29 bits per heavy atom. The van der Waals surface area contributed by atoms with Gasteiger partial charge in [-0.2, -0.15) is 13.2 Å². The molecule has 0 aliphatic heterocycles. The van der Waals surface area contributed by atoms with Crippen LogP contribution in [0.4, 0.5) is 13.2 Å². The zero-order chi connectivity index (χ0) is 12.5. The Morgan fingerprint density at radius 1 is 1.00 bits per heavy atom. The molecule has 2 aromatic rings. The minimum Gasteiger partial charge on any atom is -0.171 e. The highest BCUT2D eigenvalue weighted by atomic mass is 79.9. The number of alkyl halides is 4. The first-order valence-electron chi connectivity index (χ1n) is 5.15. The Bertz CT molecular complexity index is 519. The summed E-state index contributed by atoms with van der Waals surface area (Å²) in [6.45, 7) is 0. The fourth-order valence-electron chi connectivity index (χ4n) is 1.72. The minimum absolute atomic E-state index is 0.654. The van der Waals surface area contributed by atoms with Gasteiger partial charge in [-0.05, 0) is 16.3 Å². The largest absolute Gasteiger partial charge is 0.390 e. The topological polar surface area (TPSA) is 0 Å². The number of fused-ring (bicyclic) bond motifs is 1. The van der Waals surface area contributed by atoms with E-state index in [9.17, 15) is 13.2 Å². The molecule has 0 aliphatic carbocycles. The zero-order valence-electron chi connectivity index (χ0n) is 8.84. The highest BCUT2D eigenvalue weighted by molar-refractivity contribution is 9.09. The van der Waals surface area contributed by atoms with Gasteiger partial charge < -0.3 is 0 Å². The number of halogens is 4. The number of benzene rings is 2. The fourth-order valence-corrected chi connectivity index (χ4v) is 2.38. The van der Waals surface area contributed by atoms with Gasteiger partial charge in [-0.3, -0.25) is 0 Å². The normalized spacial score (nSPS) is 13.9. The Balaban J connectivity index is 2.30. The molecule has 0 amide bonds. The molecule has 1 atom stereocenters. The second-order valence-corrected chi connectivity index (χ2v) is 5.00. The summed E-state index contributed by atoms with van der Waals surface area (Å²) in [6.07, 6.45) is -5.01. The van der Waals surface area contributed by atoms with Gasteiger partial charge in [0.15, 0.2) is 0 Å². The summed E-state index contributed by atoms with van der Waals surface area (Å²) in [4.78, 5) is -0.688. The van der Waals surface area contributed by atoms with E-state index in [0.717, 1.165) is 10.8 Å². The number of rotatable bonds is 2. The molecule has 0 aliphatic rings. The Hall–Kier alpha value is -1.03. The second kappa shape index (κ2) is 4.69. The van der Waals surface area contributed by atoms with Crippen LogP contribution in [-0.4, -0.2) is 6.18 Å². The summed E-state index contributed by atoms with van der Waals surface area (Å²) in [5, 5.41) is 1.99. The Labute approximate surface area is 106 Å². The van der Waals surface area contributed by atoms with E-state index in [2.05, 4.69) is 15.9 Å². The molecular formula is C13H10BrF3. The lowest BCUT2D eigenvalue weighted by Crippen LogP contribution is -2.10. The lowest BCUT2D eigenvalue weighted by molar-refractivity contribution is -0.134. The van der Waals surface area contributed by atoms with Crippen LogP contribution in [0.5, 0.6) is 0 Å². The van der Waals surface area contributed by atoms with E-state index < -0.39 is 17.4 Å². The van der Waals surface area contributed by atoms with Crippen LogP contribution >= 0.6 is 15.9 Å². The van der Waals surface area contributed by atoms with Gasteiger partial charge in [-0.1, -0.05) is 58.4 Å². The van der Waals surface area contributed by atoms with Crippen molar-refractivity contribution in [2.24, 2.45) is 0 Å². The highest BCUT2D eigenvalue weighted by Crippen LogP contribution is 2.36. The van der Waals surface area contributed by atoms with Crippen LogP contribution in [0.3, 0.4) is 0 Å². The molecule has 0 aromatic heterocycles. The van der Waals surface area contributed by atoms with Crippen LogP contribution in [0.2, 0.25) is 0 Å². The second-order valence-electron chi connectivity index (χ2n) is 3.89.